The van der Waals surface area contributed by atoms with Gasteiger partial charge in [0, 0.05) is 0 Å². The first kappa shape index (κ1) is 12.4. The van der Waals surface area contributed by atoms with Crippen LogP contribution in [0.15, 0.2) is 24.3 Å². The minimum Gasteiger partial charge on any atom is -0.497 e. The molecule has 94 valence electrons. The van der Waals surface area contributed by atoms with Crippen LogP contribution >= 0.6 is 0 Å². The second-order valence-electron chi connectivity index (χ2n) is 5.01. The Balaban J connectivity index is 1.83. The third-order valence-electron chi connectivity index (χ3n) is 3.76. The molecule has 0 spiro atoms. The molecular formula is C15H23NO. The standard InChI is InChI=1S/C15H23NO/c1-13(9-12-16-10-3-4-11-16)14-5-7-15(17-2)8-6-14/h5-8,13H,3-4,9-12H2,1-2H3. The first-order valence-corrected chi connectivity index (χ1v) is 6.66. The van der Waals surface area contributed by atoms with E-state index in [0.717, 1.165) is 5.75 Å². The molecule has 1 aromatic carbocycles. The number of benzene rings is 1. The zero-order valence-electron chi connectivity index (χ0n) is 11.0. The van der Waals surface area contributed by atoms with Crippen LogP contribution in [0.5, 0.6) is 5.75 Å². The number of hydrogen-bond donors (Lipinski definition) is 0. The Hall–Kier alpha value is -1.02. The van der Waals surface area contributed by atoms with Gasteiger partial charge in [-0.2, -0.15) is 0 Å². The van der Waals surface area contributed by atoms with Crippen LogP contribution in [0, 0.1) is 0 Å². The summed E-state index contributed by atoms with van der Waals surface area (Å²) >= 11 is 0. The molecule has 0 amide bonds. The molecule has 1 aliphatic heterocycles. The van der Waals surface area contributed by atoms with Gasteiger partial charge in [-0.15, -0.1) is 0 Å². The summed E-state index contributed by atoms with van der Waals surface area (Å²) in [6.45, 7) is 6.16. The third kappa shape index (κ3) is 3.47. The van der Waals surface area contributed by atoms with Gasteiger partial charge in [0.25, 0.3) is 0 Å². The van der Waals surface area contributed by atoms with Crippen molar-refractivity contribution in [1.29, 1.82) is 0 Å². The van der Waals surface area contributed by atoms with Gasteiger partial charge in [0.05, 0.1) is 7.11 Å². The van der Waals surface area contributed by atoms with E-state index in [1.807, 2.05) is 0 Å². The van der Waals surface area contributed by atoms with E-state index in [1.165, 1.54) is 44.5 Å². The number of likely N-dealkylation sites (tertiary alicyclic amines) is 1. The molecule has 1 heterocycles. The molecule has 0 saturated carbocycles. The number of ether oxygens (including phenoxy) is 1. The fourth-order valence-electron chi connectivity index (χ4n) is 2.48. The van der Waals surface area contributed by atoms with Crippen molar-refractivity contribution in [2.45, 2.75) is 32.1 Å². The van der Waals surface area contributed by atoms with Crippen molar-refractivity contribution in [3.63, 3.8) is 0 Å². The summed E-state index contributed by atoms with van der Waals surface area (Å²) in [5, 5.41) is 0. The quantitative estimate of drug-likeness (QED) is 0.774. The Morgan fingerprint density at radius 2 is 1.82 bits per heavy atom. The molecule has 2 rings (SSSR count). The van der Waals surface area contributed by atoms with Gasteiger partial charge in [-0.25, -0.2) is 0 Å². The fraction of sp³-hybridized carbons (Fsp3) is 0.600. The lowest BCUT2D eigenvalue weighted by Gasteiger charge is -2.18. The van der Waals surface area contributed by atoms with Crippen LogP contribution in [-0.2, 0) is 0 Å². The minimum atomic E-state index is 0.640. The predicted octanol–water partition coefficient (Wildman–Crippen LogP) is 3.28. The Kier molecular flexibility index (Phi) is 4.43. The highest BCUT2D eigenvalue weighted by atomic mass is 16.5. The van der Waals surface area contributed by atoms with E-state index in [9.17, 15) is 0 Å². The van der Waals surface area contributed by atoms with Gasteiger partial charge < -0.3 is 9.64 Å². The Bertz CT molecular complexity index is 327. The summed E-state index contributed by atoms with van der Waals surface area (Å²) < 4.78 is 5.18. The number of methoxy groups -OCH3 is 1. The molecular weight excluding hydrogens is 210 g/mol. The summed E-state index contributed by atoms with van der Waals surface area (Å²) in [7, 11) is 1.71. The molecule has 0 N–H and O–H groups in total. The lowest BCUT2D eigenvalue weighted by molar-refractivity contribution is 0.324. The maximum atomic E-state index is 5.18. The highest BCUT2D eigenvalue weighted by Crippen LogP contribution is 2.22. The van der Waals surface area contributed by atoms with E-state index in [-0.39, 0.29) is 0 Å². The number of hydrogen-bond acceptors (Lipinski definition) is 2. The second kappa shape index (κ2) is 6.06. The van der Waals surface area contributed by atoms with Gasteiger partial charge in [-0.1, -0.05) is 19.1 Å². The molecule has 0 radical (unpaired) electrons. The summed E-state index contributed by atoms with van der Waals surface area (Å²) in [5.74, 6) is 1.59. The van der Waals surface area contributed by atoms with E-state index in [4.69, 9.17) is 4.74 Å². The lowest BCUT2D eigenvalue weighted by Crippen LogP contribution is -2.21. The molecule has 1 aliphatic rings. The second-order valence-corrected chi connectivity index (χ2v) is 5.01. The highest BCUT2D eigenvalue weighted by Gasteiger charge is 2.13. The van der Waals surface area contributed by atoms with Crippen molar-refractivity contribution in [3.05, 3.63) is 29.8 Å². The van der Waals surface area contributed by atoms with Gasteiger partial charge >= 0.3 is 0 Å². The molecule has 2 heteroatoms. The van der Waals surface area contributed by atoms with Gasteiger partial charge in [0.15, 0.2) is 0 Å². The maximum absolute atomic E-state index is 5.18. The lowest BCUT2D eigenvalue weighted by atomic mass is 9.97. The van der Waals surface area contributed by atoms with Crippen LogP contribution < -0.4 is 4.74 Å². The molecule has 1 aromatic rings. The van der Waals surface area contributed by atoms with Gasteiger partial charge in [0.2, 0.25) is 0 Å². The topological polar surface area (TPSA) is 12.5 Å². The molecule has 1 unspecified atom stereocenters. The van der Waals surface area contributed by atoms with E-state index >= 15 is 0 Å². The summed E-state index contributed by atoms with van der Waals surface area (Å²) in [4.78, 5) is 2.58. The molecule has 0 aromatic heterocycles. The van der Waals surface area contributed by atoms with Crippen LogP contribution in [-0.4, -0.2) is 31.6 Å². The molecule has 1 atom stereocenters. The number of nitrogens with zero attached hydrogens (tertiary/aromatic N) is 1. The molecule has 0 aliphatic carbocycles. The van der Waals surface area contributed by atoms with Gasteiger partial charge in [-0.3, -0.25) is 0 Å². The van der Waals surface area contributed by atoms with Crippen molar-refractivity contribution in [3.8, 4) is 5.75 Å². The van der Waals surface area contributed by atoms with Crippen LogP contribution in [0.1, 0.15) is 37.7 Å². The van der Waals surface area contributed by atoms with E-state index in [2.05, 4.69) is 36.1 Å². The zero-order valence-corrected chi connectivity index (χ0v) is 11.0. The Labute approximate surface area is 105 Å². The molecule has 1 saturated heterocycles. The predicted molar refractivity (Wildman–Crippen MR) is 71.7 cm³/mol. The normalized spacial score (nSPS) is 18.2. The Morgan fingerprint density at radius 3 is 2.41 bits per heavy atom. The smallest absolute Gasteiger partial charge is 0.118 e. The van der Waals surface area contributed by atoms with Crippen molar-refractivity contribution >= 4 is 0 Å². The minimum absolute atomic E-state index is 0.640. The SMILES string of the molecule is COc1ccc(C(C)CCN2CCCC2)cc1. The Morgan fingerprint density at radius 1 is 1.18 bits per heavy atom. The highest BCUT2D eigenvalue weighted by molar-refractivity contribution is 5.29. The van der Waals surface area contributed by atoms with Crippen LogP contribution in [0.3, 0.4) is 0 Å². The first-order chi connectivity index (χ1) is 8.29. The molecule has 17 heavy (non-hydrogen) atoms. The van der Waals surface area contributed by atoms with Crippen molar-refractivity contribution < 1.29 is 4.74 Å². The number of rotatable bonds is 5. The zero-order chi connectivity index (χ0) is 12.1. The average Bonchev–Trinajstić information content (AvgIpc) is 2.89. The largest absolute Gasteiger partial charge is 0.497 e. The van der Waals surface area contributed by atoms with Crippen LogP contribution in [0.2, 0.25) is 0 Å². The maximum Gasteiger partial charge on any atom is 0.118 e. The third-order valence-corrected chi connectivity index (χ3v) is 3.76. The van der Waals surface area contributed by atoms with Gasteiger partial charge in [-0.05, 0) is 62.5 Å². The molecule has 1 fully saturated rings. The first-order valence-electron chi connectivity index (χ1n) is 6.66. The van der Waals surface area contributed by atoms with Crippen molar-refractivity contribution in [2.75, 3.05) is 26.7 Å². The van der Waals surface area contributed by atoms with Gasteiger partial charge in [0.1, 0.15) is 5.75 Å². The average molecular weight is 233 g/mol. The van der Waals surface area contributed by atoms with E-state index < -0.39 is 0 Å². The van der Waals surface area contributed by atoms with E-state index in [0.29, 0.717) is 5.92 Å². The monoisotopic (exact) mass is 233 g/mol. The summed E-state index contributed by atoms with van der Waals surface area (Å²) in [5.41, 5.74) is 1.42. The van der Waals surface area contributed by atoms with E-state index in [1.54, 1.807) is 7.11 Å². The molecule has 0 bridgehead atoms. The summed E-state index contributed by atoms with van der Waals surface area (Å²) in [6, 6.07) is 8.49. The van der Waals surface area contributed by atoms with Crippen molar-refractivity contribution in [2.24, 2.45) is 0 Å². The van der Waals surface area contributed by atoms with Crippen LogP contribution in [0.25, 0.3) is 0 Å². The fourth-order valence-corrected chi connectivity index (χ4v) is 2.48. The van der Waals surface area contributed by atoms with Crippen molar-refractivity contribution in [1.82, 2.24) is 4.90 Å². The molecule has 2 nitrogen and oxygen atoms in total. The van der Waals surface area contributed by atoms with Crippen LogP contribution in [0.4, 0.5) is 0 Å². The summed E-state index contributed by atoms with van der Waals surface area (Å²) in [6.07, 6.45) is 4.03.